The Labute approximate surface area is 103 Å². The molecular weight excluding hydrogens is 238 g/mol. The Morgan fingerprint density at radius 2 is 2.47 bits per heavy atom. The third-order valence-electron chi connectivity index (χ3n) is 2.18. The van der Waals surface area contributed by atoms with Crippen molar-refractivity contribution in [1.29, 1.82) is 0 Å². The molecule has 0 spiro atoms. The zero-order chi connectivity index (χ0) is 12.3. The Hall–Kier alpha value is -1.82. The van der Waals surface area contributed by atoms with Crippen LogP contribution in [0.5, 0.6) is 0 Å². The lowest BCUT2D eigenvalue weighted by Gasteiger charge is -1.99. The lowest BCUT2D eigenvalue weighted by Crippen LogP contribution is -2.09. The highest BCUT2D eigenvalue weighted by atomic mass is 32.1. The van der Waals surface area contributed by atoms with Crippen molar-refractivity contribution in [3.63, 3.8) is 0 Å². The lowest BCUT2D eigenvalue weighted by molar-refractivity contribution is 0.0519. The van der Waals surface area contributed by atoms with Crippen LogP contribution in [0.1, 0.15) is 23.0 Å². The molecule has 0 aliphatic rings. The van der Waals surface area contributed by atoms with Crippen molar-refractivity contribution in [3.8, 4) is 0 Å². The summed E-state index contributed by atoms with van der Waals surface area (Å²) in [5.74, 6) is -0.478. The third kappa shape index (κ3) is 2.65. The normalized spacial score (nSPS) is 10.4. The molecule has 0 aliphatic heterocycles. The number of esters is 1. The zero-order valence-electron chi connectivity index (χ0n) is 9.42. The van der Waals surface area contributed by atoms with Gasteiger partial charge in [0, 0.05) is 6.20 Å². The molecule has 5 nitrogen and oxygen atoms in total. The van der Waals surface area contributed by atoms with E-state index in [1.165, 1.54) is 0 Å². The van der Waals surface area contributed by atoms with Gasteiger partial charge in [0.25, 0.3) is 0 Å². The van der Waals surface area contributed by atoms with Crippen molar-refractivity contribution >= 4 is 23.0 Å². The summed E-state index contributed by atoms with van der Waals surface area (Å²) >= 11 is 1.62. The maximum atomic E-state index is 11.5. The molecule has 0 bridgehead atoms. The summed E-state index contributed by atoms with van der Waals surface area (Å²) in [6.07, 6.45) is 1.64. The first-order valence-corrected chi connectivity index (χ1v) is 6.16. The van der Waals surface area contributed by atoms with E-state index in [-0.39, 0.29) is 5.69 Å². The minimum absolute atomic E-state index is 0.182. The van der Waals surface area contributed by atoms with Gasteiger partial charge in [-0.3, -0.25) is 4.68 Å². The fourth-order valence-electron chi connectivity index (χ4n) is 1.45. The quantitative estimate of drug-likeness (QED) is 0.840. The van der Waals surface area contributed by atoms with E-state index in [1.807, 2.05) is 16.8 Å². The number of hydrogen-bond acceptors (Lipinski definition) is 5. The molecule has 90 valence electrons. The van der Waals surface area contributed by atoms with Gasteiger partial charge in [0.15, 0.2) is 5.69 Å². The molecule has 2 aromatic rings. The molecule has 2 heterocycles. The van der Waals surface area contributed by atoms with E-state index in [9.17, 15) is 4.79 Å². The van der Waals surface area contributed by atoms with Crippen LogP contribution in [-0.4, -0.2) is 22.4 Å². The maximum Gasteiger partial charge on any atom is 0.361 e. The van der Waals surface area contributed by atoms with Gasteiger partial charge < -0.3 is 10.5 Å². The standard InChI is InChI=1S/C11H13N3O2S/c1-2-16-11(15)10-9(12)6-14(13-10)5-8-3-4-17-7-8/h3-4,6-7H,2,5,12H2,1H3. The molecule has 0 fully saturated rings. The van der Waals surface area contributed by atoms with E-state index < -0.39 is 5.97 Å². The van der Waals surface area contributed by atoms with Crippen LogP contribution in [0.15, 0.2) is 23.0 Å². The first-order chi connectivity index (χ1) is 8.20. The van der Waals surface area contributed by atoms with Gasteiger partial charge in [0.05, 0.1) is 18.8 Å². The molecule has 0 saturated carbocycles. The van der Waals surface area contributed by atoms with Gasteiger partial charge in [-0.2, -0.15) is 16.4 Å². The van der Waals surface area contributed by atoms with Crippen LogP contribution in [0.3, 0.4) is 0 Å². The van der Waals surface area contributed by atoms with Crippen molar-refractivity contribution in [2.45, 2.75) is 13.5 Å². The summed E-state index contributed by atoms with van der Waals surface area (Å²) in [6.45, 7) is 2.67. The smallest absolute Gasteiger partial charge is 0.361 e. The van der Waals surface area contributed by atoms with E-state index in [1.54, 1.807) is 29.1 Å². The van der Waals surface area contributed by atoms with E-state index in [4.69, 9.17) is 10.5 Å². The van der Waals surface area contributed by atoms with Crippen molar-refractivity contribution in [1.82, 2.24) is 9.78 Å². The summed E-state index contributed by atoms with van der Waals surface area (Å²) in [5.41, 5.74) is 7.38. The Morgan fingerprint density at radius 1 is 1.65 bits per heavy atom. The monoisotopic (exact) mass is 251 g/mol. The first-order valence-electron chi connectivity index (χ1n) is 5.22. The molecule has 0 aliphatic carbocycles. The second-order valence-electron chi connectivity index (χ2n) is 3.48. The van der Waals surface area contributed by atoms with Crippen LogP contribution >= 0.6 is 11.3 Å². The Morgan fingerprint density at radius 3 is 3.12 bits per heavy atom. The van der Waals surface area contributed by atoms with Crippen molar-refractivity contribution in [2.24, 2.45) is 0 Å². The van der Waals surface area contributed by atoms with Crippen LogP contribution in [0.25, 0.3) is 0 Å². The number of thiophene rings is 1. The highest BCUT2D eigenvalue weighted by molar-refractivity contribution is 7.07. The van der Waals surface area contributed by atoms with E-state index in [0.29, 0.717) is 18.8 Å². The minimum atomic E-state index is -0.478. The zero-order valence-corrected chi connectivity index (χ0v) is 10.2. The topological polar surface area (TPSA) is 70.1 Å². The lowest BCUT2D eigenvalue weighted by atomic mass is 10.3. The Kier molecular flexibility index (Phi) is 3.43. The van der Waals surface area contributed by atoms with E-state index in [0.717, 1.165) is 5.56 Å². The molecule has 0 unspecified atom stereocenters. The van der Waals surface area contributed by atoms with Crippen molar-refractivity contribution in [2.75, 3.05) is 12.3 Å². The number of ether oxygens (including phenoxy) is 1. The molecule has 0 atom stereocenters. The molecule has 6 heteroatoms. The van der Waals surface area contributed by atoms with Crippen LogP contribution in [0, 0.1) is 0 Å². The average Bonchev–Trinajstić information content (AvgIpc) is 2.89. The third-order valence-corrected chi connectivity index (χ3v) is 2.92. The summed E-state index contributed by atoms with van der Waals surface area (Å²) in [6, 6.07) is 2.01. The fraction of sp³-hybridized carbons (Fsp3) is 0.273. The molecule has 2 aromatic heterocycles. The number of hydrogen-bond donors (Lipinski definition) is 1. The number of rotatable bonds is 4. The molecule has 2 N–H and O–H groups in total. The second-order valence-corrected chi connectivity index (χ2v) is 4.26. The van der Waals surface area contributed by atoms with Gasteiger partial charge in [-0.25, -0.2) is 4.79 Å². The summed E-state index contributed by atoms with van der Waals surface area (Å²) < 4.78 is 6.51. The molecular formula is C11H13N3O2S. The van der Waals surface area contributed by atoms with Crippen molar-refractivity contribution in [3.05, 3.63) is 34.3 Å². The van der Waals surface area contributed by atoms with E-state index >= 15 is 0 Å². The van der Waals surface area contributed by atoms with Gasteiger partial charge in [-0.1, -0.05) is 0 Å². The largest absolute Gasteiger partial charge is 0.461 e. The number of aromatic nitrogens is 2. The molecule has 0 radical (unpaired) electrons. The predicted octanol–water partition coefficient (Wildman–Crippen LogP) is 1.75. The second kappa shape index (κ2) is 5.01. The van der Waals surface area contributed by atoms with Gasteiger partial charge >= 0.3 is 5.97 Å². The summed E-state index contributed by atoms with van der Waals surface area (Å²) in [7, 11) is 0. The molecule has 0 saturated heterocycles. The minimum Gasteiger partial charge on any atom is -0.461 e. The van der Waals surface area contributed by atoms with Crippen LogP contribution in [0.4, 0.5) is 5.69 Å². The number of carbonyl (C=O) groups excluding carboxylic acids is 1. The summed E-state index contributed by atoms with van der Waals surface area (Å²) in [5, 5.41) is 8.15. The first kappa shape index (κ1) is 11.7. The molecule has 17 heavy (non-hydrogen) atoms. The number of nitrogen functional groups attached to an aromatic ring is 1. The van der Waals surface area contributed by atoms with Gasteiger partial charge in [-0.05, 0) is 29.3 Å². The maximum absolute atomic E-state index is 11.5. The van der Waals surface area contributed by atoms with Gasteiger partial charge in [-0.15, -0.1) is 0 Å². The number of nitrogens with zero attached hydrogens (tertiary/aromatic N) is 2. The highest BCUT2D eigenvalue weighted by Crippen LogP contribution is 2.13. The van der Waals surface area contributed by atoms with Crippen molar-refractivity contribution < 1.29 is 9.53 Å². The SMILES string of the molecule is CCOC(=O)c1nn(Cc2ccsc2)cc1N. The van der Waals surface area contributed by atoms with Crippen LogP contribution < -0.4 is 5.73 Å². The summed E-state index contributed by atoms with van der Waals surface area (Å²) in [4.78, 5) is 11.5. The van der Waals surface area contributed by atoms with Crippen LogP contribution in [0.2, 0.25) is 0 Å². The number of carbonyl (C=O) groups is 1. The van der Waals surface area contributed by atoms with E-state index in [2.05, 4.69) is 5.10 Å². The van der Waals surface area contributed by atoms with Gasteiger partial charge in [0.2, 0.25) is 0 Å². The fourth-order valence-corrected chi connectivity index (χ4v) is 2.11. The predicted molar refractivity (Wildman–Crippen MR) is 66.0 cm³/mol. The van der Waals surface area contributed by atoms with Gasteiger partial charge in [0.1, 0.15) is 0 Å². The number of nitrogens with two attached hydrogens (primary N) is 1. The highest BCUT2D eigenvalue weighted by Gasteiger charge is 2.15. The Balaban J connectivity index is 2.16. The number of anilines is 1. The molecule has 0 amide bonds. The molecule has 2 rings (SSSR count). The van der Waals surface area contributed by atoms with Crippen LogP contribution in [-0.2, 0) is 11.3 Å². The molecule has 0 aromatic carbocycles. The average molecular weight is 251 g/mol. The Bertz CT molecular complexity index is 505.